The first-order chi connectivity index (χ1) is 8.56. The van der Waals surface area contributed by atoms with Gasteiger partial charge in [0.25, 0.3) is 0 Å². The van der Waals surface area contributed by atoms with Crippen LogP contribution in [0.1, 0.15) is 18.4 Å². The lowest BCUT2D eigenvalue weighted by atomic mass is 10.1. The van der Waals surface area contributed by atoms with E-state index in [9.17, 15) is 9.18 Å². The van der Waals surface area contributed by atoms with Crippen molar-refractivity contribution in [3.8, 4) is 0 Å². The minimum Gasteiger partial charge on any atom is -0.344 e. The normalized spacial score (nSPS) is 20.3. The zero-order valence-electron chi connectivity index (χ0n) is 10.2. The Bertz CT molecular complexity index is 453. The molecule has 0 aromatic heterocycles. The van der Waals surface area contributed by atoms with Crippen molar-refractivity contribution in [2.45, 2.75) is 25.4 Å². The summed E-state index contributed by atoms with van der Waals surface area (Å²) in [5.74, 6) is -0.107. The minimum absolute atomic E-state index is 0.178. The predicted molar refractivity (Wildman–Crippen MR) is 68.9 cm³/mol. The van der Waals surface area contributed by atoms with Crippen LogP contribution in [-0.2, 0) is 11.3 Å². The minimum atomic E-state index is -0.285. The molecule has 5 heteroatoms. The Kier molecular flexibility index (Phi) is 4.19. The topological polar surface area (TPSA) is 32.3 Å². The van der Waals surface area contributed by atoms with E-state index >= 15 is 0 Å². The fraction of sp³-hybridized carbons (Fsp3) is 0.462. The zero-order chi connectivity index (χ0) is 13.1. The van der Waals surface area contributed by atoms with E-state index in [0.29, 0.717) is 24.5 Å². The maximum atomic E-state index is 13.1. The first kappa shape index (κ1) is 13.3. The van der Waals surface area contributed by atoms with Gasteiger partial charge in [0.15, 0.2) is 0 Å². The Morgan fingerprint density at radius 1 is 1.56 bits per heavy atom. The molecular formula is C13H16ClFN2O. The summed E-state index contributed by atoms with van der Waals surface area (Å²) >= 11 is 5.99. The third kappa shape index (κ3) is 3.21. The third-order valence-electron chi connectivity index (χ3n) is 3.22. The first-order valence-electron chi connectivity index (χ1n) is 5.97. The molecule has 0 saturated carbocycles. The standard InChI is InChI=1S/C13H16ClFN2O/c1-17-8-11(3-5-13(17)18)16-7-9-6-10(15)2-4-12(9)14/h2,4,6,11,16H,3,5,7-8H2,1H3. The number of hydrogen-bond acceptors (Lipinski definition) is 2. The van der Waals surface area contributed by atoms with Crippen LogP contribution < -0.4 is 5.32 Å². The smallest absolute Gasteiger partial charge is 0.222 e. The van der Waals surface area contributed by atoms with Gasteiger partial charge in [0.05, 0.1) is 0 Å². The fourth-order valence-corrected chi connectivity index (χ4v) is 2.30. The number of hydrogen-bond donors (Lipinski definition) is 1. The lowest BCUT2D eigenvalue weighted by Crippen LogP contribution is -2.46. The number of piperidine rings is 1. The van der Waals surface area contributed by atoms with E-state index in [1.807, 2.05) is 0 Å². The number of benzene rings is 1. The number of nitrogens with zero attached hydrogens (tertiary/aromatic N) is 1. The number of carbonyl (C=O) groups excluding carboxylic acids is 1. The summed E-state index contributed by atoms with van der Waals surface area (Å²) in [6, 6.07) is 4.59. The van der Waals surface area contributed by atoms with Crippen LogP contribution in [0.25, 0.3) is 0 Å². The van der Waals surface area contributed by atoms with Crippen molar-refractivity contribution in [3.63, 3.8) is 0 Å². The molecular weight excluding hydrogens is 255 g/mol. The monoisotopic (exact) mass is 270 g/mol. The zero-order valence-corrected chi connectivity index (χ0v) is 11.0. The van der Waals surface area contributed by atoms with Gasteiger partial charge >= 0.3 is 0 Å². The summed E-state index contributed by atoms with van der Waals surface area (Å²) in [4.78, 5) is 13.1. The number of likely N-dealkylation sites (tertiary alicyclic amines) is 1. The van der Waals surface area contributed by atoms with Crippen molar-refractivity contribution in [1.82, 2.24) is 10.2 Å². The second-order valence-corrected chi connectivity index (χ2v) is 5.03. The van der Waals surface area contributed by atoms with Crippen LogP contribution in [0.4, 0.5) is 4.39 Å². The molecule has 18 heavy (non-hydrogen) atoms. The average molecular weight is 271 g/mol. The molecule has 1 heterocycles. The molecule has 0 radical (unpaired) electrons. The number of amides is 1. The van der Waals surface area contributed by atoms with Gasteiger partial charge in [0, 0.05) is 37.6 Å². The summed E-state index contributed by atoms with van der Waals surface area (Å²) in [5.41, 5.74) is 0.746. The Hall–Kier alpha value is -1.13. The molecule has 1 N–H and O–H groups in total. The average Bonchev–Trinajstić information content (AvgIpc) is 2.34. The van der Waals surface area contributed by atoms with Crippen LogP contribution in [0.15, 0.2) is 18.2 Å². The molecule has 1 fully saturated rings. The van der Waals surface area contributed by atoms with E-state index in [2.05, 4.69) is 5.32 Å². The van der Waals surface area contributed by atoms with E-state index in [-0.39, 0.29) is 17.8 Å². The molecule has 1 aliphatic rings. The molecule has 0 bridgehead atoms. The number of likely N-dealkylation sites (N-methyl/N-ethyl adjacent to an activating group) is 1. The maximum absolute atomic E-state index is 13.1. The van der Waals surface area contributed by atoms with Gasteiger partial charge in [0.2, 0.25) is 5.91 Å². The summed E-state index contributed by atoms with van der Waals surface area (Å²) in [6.07, 6.45) is 1.38. The molecule has 1 amide bonds. The van der Waals surface area contributed by atoms with Crippen molar-refractivity contribution >= 4 is 17.5 Å². The largest absolute Gasteiger partial charge is 0.344 e. The lowest BCUT2D eigenvalue weighted by molar-refractivity contribution is -0.132. The van der Waals surface area contributed by atoms with E-state index in [1.165, 1.54) is 12.1 Å². The fourth-order valence-electron chi connectivity index (χ4n) is 2.11. The van der Waals surface area contributed by atoms with Gasteiger partial charge in [-0.1, -0.05) is 11.6 Å². The Morgan fingerprint density at radius 2 is 2.33 bits per heavy atom. The van der Waals surface area contributed by atoms with Crippen molar-refractivity contribution in [2.75, 3.05) is 13.6 Å². The van der Waals surface area contributed by atoms with Crippen molar-refractivity contribution in [2.24, 2.45) is 0 Å². The van der Waals surface area contributed by atoms with Crippen LogP contribution in [0.5, 0.6) is 0 Å². The molecule has 1 aromatic rings. The highest BCUT2D eigenvalue weighted by atomic mass is 35.5. The molecule has 2 rings (SSSR count). The van der Waals surface area contributed by atoms with E-state index in [4.69, 9.17) is 11.6 Å². The highest BCUT2D eigenvalue weighted by molar-refractivity contribution is 6.31. The molecule has 1 saturated heterocycles. The second kappa shape index (κ2) is 5.67. The number of halogens is 2. The molecule has 3 nitrogen and oxygen atoms in total. The van der Waals surface area contributed by atoms with Crippen LogP contribution in [0.2, 0.25) is 5.02 Å². The SMILES string of the molecule is CN1CC(NCc2cc(F)ccc2Cl)CCC1=O. The van der Waals surface area contributed by atoms with Gasteiger partial charge in [-0.05, 0) is 30.2 Å². The molecule has 0 spiro atoms. The van der Waals surface area contributed by atoms with E-state index in [0.717, 1.165) is 12.0 Å². The maximum Gasteiger partial charge on any atom is 0.222 e. The molecule has 98 valence electrons. The van der Waals surface area contributed by atoms with Crippen LogP contribution >= 0.6 is 11.6 Å². The van der Waals surface area contributed by atoms with Gasteiger partial charge < -0.3 is 10.2 Å². The number of carbonyl (C=O) groups is 1. The number of nitrogens with one attached hydrogen (secondary N) is 1. The number of rotatable bonds is 3. The van der Waals surface area contributed by atoms with Crippen LogP contribution in [-0.4, -0.2) is 30.4 Å². The second-order valence-electron chi connectivity index (χ2n) is 4.63. The predicted octanol–water partition coefficient (Wildman–Crippen LogP) is 2.19. The summed E-state index contributed by atoms with van der Waals surface area (Å²) in [6.45, 7) is 1.20. The first-order valence-corrected chi connectivity index (χ1v) is 6.35. The van der Waals surface area contributed by atoms with Crippen LogP contribution in [0.3, 0.4) is 0 Å². The summed E-state index contributed by atoms with van der Waals surface area (Å²) in [5, 5.41) is 3.87. The van der Waals surface area contributed by atoms with E-state index < -0.39 is 0 Å². The lowest BCUT2D eigenvalue weighted by Gasteiger charge is -2.30. The van der Waals surface area contributed by atoms with Gasteiger partial charge in [-0.25, -0.2) is 4.39 Å². The van der Waals surface area contributed by atoms with Crippen molar-refractivity contribution < 1.29 is 9.18 Å². The Balaban J connectivity index is 1.91. The van der Waals surface area contributed by atoms with Gasteiger partial charge in [-0.2, -0.15) is 0 Å². The van der Waals surface area contributed by atoms with Crippen molar-refractivity contribution in [1.29, 1.82) is 0 Å². The molecule has 1 aliphatic heterocycles. The Morgan fingerprint density at radius 3 is 3.06 bits per heavy atom. The molecule has 0 aliphatic carbocycles. The summed E-state index contributed by atoms with van der Waals surface area (Å²) in [7, 11) is 1.80. The van der Waals surface area contributed by atoms with Gasteiger partial charge in [0.1, 0.15) is 5.82 Å². The van der Waals surface area contributed by atoms with Crippen molar-refractivity contribution in [3.05, 3.63) is 34.6 Å². The summed E-state index contributed by atoms with van der Waals surface area (Å²) < 4.78 is 13.1. The third-order valence-corrected chi connectivity index (χ3v) is 3.58. The Labute approximate surface area is 111 Å². The molecule has 1 atom stereocenters. The highest BCUT2D eigenvalue weighted by Crippen LogP contribution is 2.18. The quantitative estimate of drug-likeness (QED) is 0.913. The van der Waals surface area contributed by atoms with Gasteiger partial charge in [-0.15, -0.1) is 0 Å². The van der Waals surface area contributed by atoms with E-state index in [1.54, 1.807) is 18.0 Å². The highest BCUT2D eigenvalue weighted by Gasteiger charge is 2.22. The molecule has 1 unspecified atom stereocenters. The molecule has 1 aromatic carbocycles. The van der Waals surface area contributed by atoms with Crippen LogP contribution in [0, 0.1) is 5.82 Å². The van der Waals surface area contributed by atoms with Gasteiger partial charge in [-0.3, -0.25) is 4.79 Å².